The van der Waals surface area contributed by atoms with E-state index in [1.807, 2.05) is 48.5 Å². The van der Waals surface area contributed by atoms with E-state index in [0.29, 0.717) is 11.0 Å². The molecule has 0 bridgehead atoms. The summed E-state index contributed by atoms with van der Waals surface area (Å²) in [5.74, 6) is 0.697. The minimum Gasteiger partial charge on any atom is -0.325 e. The number of hydrogen-bond donors (Lipinski definition) is 1. The Labute approximate surface area is 208 Å². The van der Waals surface area contributed by atoms with Crippen molar-refractivity contribution in [1.82, 2.24) is 14.4 Å². The minimum atomic E-state index is 0.654. The van der Waals surface area contributed by atoms with Crippen LogP contribution in [-0.4, -0.2) is 14.4 Å². The molecule has 0 aliphatic heterocycles. The number of fused-ring (bicyclic) bond motifs is 3. The Hall–Kier alpha value is -4.15. The maximum absolute atomic E-state index is 6.42. The number of aryl methyl sites for hydroxylation is 2. The van der Waals surface area contributed by atoms with E-state index in [2.05, 4.69) is 72.1 Å². The molecule has 5 heteroatoms. The molecule has 4 nitrogen and oxygen atoms in total. The van der Waals surface area contributed by atoms with Crippen molar-refractivity contribution in [2.75, 3.05) is 5.32 Å². The van der Waals surface area contributed by atoms with Gasteiger partial charge in [-0.15, -0.1) is 0 Å². The zero-order valence-electron chi connectivity index (χ0n) is 19.5. The summed E-state index contributed by atoms with van der Waals surface area (Å²) in [6.07, 6.45) is 0. The molecular weight excluding hydrogens is 452 g/mol. The number of para-hydroxylation sites is 1. The lowest BCUT2D eigenvalue weighted by Crippen LogP contribution is -2.04. The van der Waals surface area contributed by atoms with Gasteiger partial charge in [0, 0.05) is 27.2 Å². The number of aromatic nitrogens is 3. The molecule has 2 heterocycles. The largest absolute Gasteiger partial charge is 0.325 e. The van der Waals surface area contributed by atoms with Crippen LogP contribution in [0.3, 0.4) is 0 Å². The summed E-state index contributed by atoms with van der Waals surface area (Å²) in [4.78, 5) is 10.2. The highest BCUT2D eigenvalue weighted by molar-refractivity contribution is 6.31. The third kappa shape index (κ3) is 3.92. The molecule has 0 radical (unpaired) electrons. The lowest BCUT2D eigenvalue weighted by Gasteiger charge is -2.13. The van der Waals surface area contributed by atoms with Gasteiger partial charge >= 0.3 is 0 Å². The Morgan fingerprint density at radius 3 is 2.06 bits per heavy atom. The quantitative estimate of drug-likeness (QED) is 0.280. The lowest BCUT2D eigenvalue weighted by molar-refractivity contribution is 1.13. The Morgan fingerprint density at radius 2 is 1.37 bits per heavy atom. The van der Waals surface area contributed by atoms with E-state index < -0.39 is 0 Å². The summed E-state index contributed by atoms with van der Waals surface area (Å²) in [6.45, 7) is 4.19. The van der Waals surface area contributed by atoms with Crippen LogP contribution in [-0.2, 0) is 0 Å². The van der Waals surface area contributed by atoms with Crippen LogP contribution in [0.5, 0.6) is 0 Å². The highest BCUT2D eigenvalue weighted by Gasteiger charge is 2.21. The van der Waals surface area contributed by atoms with Crippen molar-refractivity contribution in [2.24, 2.45) is 0 Å². The number of nitrogens with zero attached hydrogens (tertiary/aromatic N) is 3. The van der Waals surface area contributed by atoms with Crippen molar-refractivity contribution >= 4 is 39.8 Å². The van der Waals surface area contributed by atoms with Crippen LogP contribution in [0.1, 0.15) is 11.1 Å². The van der Waals surface area contributed by atoms with E-state index >= 15 is 0 Å². The SMILES string of the molecule is Cc1ccc(-c2nc3c4cc(Cl)ccc4nc(Nc4ccccc4)n3c2-c2ccc(C)cc2)cc1. The molecule has 0 spiro atoms. The molecule has 1 N–H and O–H groups in total. The molecule has 0 atom stereocenters. The Morgan fingerprint density at radius 1 is 0.714 bits per heavy atom. The highest BCUT2D eigenvalue weighted by atomic mass is 35.5. The maximum atomic E-state index is 6.42. The van der Waals surface area contributed by atoms with Gasteiger partial charge in [-0.2, -0.15) is 0 Å². The number of hydrogen-bond acceptors (Lipinski definition) is 3. The maximum Gasteiger partial charge on any atom is 0.214 e. The number of benzene rings is 4. The summed E-state index contributed by atoms with van der Waals surface area (Å²) in [5, 5.41) is 5.09. The number of rotatable bonds is 4. The topological polar surface area (TPSA) is 42.2 Å². The second-order valence-electron chi connectivity index (χ2n) is 8.79. The van der Waals surface area contributed by atoms with Gasteiger partial charge in [0.2, 0.25) is 5.95 Å². The van der Waals surface area contributed by atoms with Gasteiger partial charge in [0.1, 0.15) is 5.65 Å². The molecule has 4 aromatic carbocycles. The number of nitrogens with one attached hydrogen (secondary N) is 1. The van der Waals surface area contributed by atoms with Gasteiger partial charge in [0.05, 0.1) is 16.9 Å². The summed E-state index contributed by atoms with van der Waals surface area (Å²) in [6, 6.07) is 32.9. The number of anilines is 2. The Balaban J connectivity index is 1.74. The molecular formula is C30H23ClN4. The first kappa shape index (κ1) is 21.4. The van der Waals surface area contributed by atoms with Gasteiger partial charge in [-0.3, -0.25) is 4.40 Å². The second kappa shape index (κ2) is 8.57. The van der Waals surface area contributed by atoms with Gasteiger partial charge in [-0.05, 0) is 44.2 Å². The predicted molar refractivity (Wildman–Crippen MR) is 146 cm³/mol. The van der Waals surface area contributed by atoms with Crippen molar-refractivity contribution in [3.05, 3.63) is 113 Å². The normalized spacial score (nSPS) is 11.3. The zero-order chi connectivity index (χ0) is 23.9. The van der Waals surface area contributed by atoms with Crippen molar-refractivity contribution in [3.8, 4) is 22.5 Å². The molecule has 35 heavy (non-hydrogen) atoms. The van der Waals surface area contributed by atoms with Crippen LogP contribution in [0.25, 0.3) is 39.1 Å². The average molecular weight is 475 g/mol. The van der Waals surface area contributed by atoms with Crippen LogP contribution < -0.4 is 5.32 Å². The first-order chi connectivity index (χ1) is 17.1. The summed E-state index contributed by atoms with van der Waals surface area (Å²) >= 11 is 6.42. The third-order valence-electron chi connectivity index (χ3n) is 6.20. The van der Waals surface area contributed by atoms with Crippen LogP contribution in [0.15, 0.2) is 97.1 Å². The Bertz CT molecular complexity index is 1670. The van der Waals surface area contributed by atoms with Crippen molar-refractivity contribution in [3.63, 3.8) is 0 Å². The Kier molecular flexibility index (Phi) is 5.24. The highest BCUT2D eigenvalue weighted by Crippen LogP contribution is 2.38. The molecule has 0 saturated heterocycles. The molecule has 2 aromatic heterocycles. The van der Waals surface area contributed by atoms with Crippen molar-refractivity contribution in [1.29, 1.82) is 0 Å². The van der Waals surface area contributed by atoms with Crippen LogP contribution in [0.2, 0.25) is 5.02 Å². The lowest BCUT2D eigenvalue weighted by atomic mass is 10.0. The summed E-state index contributed by atoms with van der Waals surface area (Å²) in [7, 11) is 0. The molecule has 0 aliphatic carbocycles. The monoisotopic (exact) mass is 474 g/mol. The van der Waals surface area contributed by atoms with E-state index in [9.17, 15) is 0 Å². The minimum absolute atomic E-state index is 0.654. The van der Waals surface area contributed by atoms with Gasteiger partial charge in [-0.25, -0.2) is 9.97 Å². The molecule has 0 amide bonds. The van der Waals surface area contributed by atoms with Gasteiger partial charge in [0.25, 0.3) is 0 Å². The van der Waals surface area contributed by atoms with Crippen LogP contribution >= 0.6 is 11.6 Å². The summed E-state index contributed by atoms with van der Waals surface area (Å²) < 4.78 is 2.12. The molecule has 0 unspecified atom stereocenters. The standard InChI is InChI=1S/C30H23ClN4/c1-19-8-12-21(13-9-19)27-28(22-14-10-20(2)11-15-22)35-29(34-27)25-18-23(31)16-17-26(25)33-30(35)32-24-6-4-3-5-7-24/h3-18H,1-2H3,(H,32,33). The van der Waals surface area contributed by atoms with Gasteiger partial charge < -0.3 is 5.32 Å². The molecule has 6 rings (SSSR count). The van der Waals surface area contributed by atoms with Crippen molar-refractivity contribution < 1.29 is 0 Å². The number of imidazole rings is 1. The average Bonchev–Trinajstić information content (AvgIpc) is 3.27. The summed E-state index contributed by atoms with van der Waals surface area (Å²) in [5.41, 5.74) is 9.01. The van der Waals surface area contributed by atoms with E-state index in [-0.39, 0.29) is 0 Å². The predicted octanol–water partition coefficient (Wildman–Crippen LogP) is 8.23. The van der Waals surface area contributed by atoms with E-state index in [1.54, 1.807) is 0 Å². The smallest absolute Gasteiger partial charge is 0.214 e. The fourth-order valence-corrected chi connectivity index (χ4v) is 4.55. The molecule has 0 fully saturated rings. The van der Waals surface area contributed by atoms with Gasteiger partial charge in [-0.1, -0.05) is 89.5 Å². The molecule has 0 aliphatic rings. The van der Waals surface area contributed by atoms with E-state index in [0.717, 1.165) is 44.8 Å². The van der Waals surface area contributed by atoms with Crippen LogP contribution in [0, 0.1) is 13.8 Å². The van der Waals surface area contributed by atoms with Gasteiger partial charge in [0.15, 0.2) is 0 Å². The van der Waals surface area contributed by atoms with E-state index in [1.165, 1.54) is 11.1 Å². The third-order valence-corrected chi connectivity index (χ3v) is 6.43. The first-order valence-corrected chi connectivity index (χ1v) is 11.9. The second-order valence-corrected chi connectivity index (χ2v) is 9.22. The van der Waals surface area contributed by atoms with Crippen molar-refractivity contribution in [2.45, 2.75) is 13.8 Å². The van der Waals surface area contributed by atoms with Crippen LogP contribution in [0.4, 0.5) is 11.6 Å². The fraction of sp³-hybridized carbons (Fsp3) is 0.0667. The number of halogens is 1. The zero-order valence-corrected chi connectivity index (χ0v) is 20.2. The molecule has 170 valence electrons. The van der Waals surface area contributed by atoms with E-state index in [4.69, 9.17) is 21.6 Å². The molecule has 0 saturated carbocycles. The molecule has 6 aromatic rings. The first-order valence-electron chi connectivity index (χ1n) is 11.5. The fourth-order valence-electron chi connectivity index (χ4n) is 4.38.